The van der Waals surface area contributed by atoms with Crippen molar-refractivity contribution in [2.75, 3.05) is 0 Å². The van der Waals surface area contributed by atoms with Gasteiger partial charge in [0.1, 0.15) is 11.6 Å². The number of hydrogen-bond donors (Lipinski definition) is 0. The van der Waals surface area contributed by atoms with Crippen molar-refractivity contribution in [1.29, 1.82) is 0 Å². The first-order valence-corrected chi connectivity index (χ1v) is 14.6. The van der Waals surface area contributed by atoms with E-state index in [2.05, 4.69) is 13.8 Å². The summed E-state index contributed by atoms with van der Waals surface area (Å²) in [6.07, 6.45) is 11.2. The van der Waals surface area contributed by atoms with Gasteiger partial charge >= 0.3 is 0 Å². The maximum absolute atomic E-state index is 14.8. The minimum Gasteiger partial charge on any atom is -0.206 e. The molecule has 0 amide bonds. The number of halogens is 2. The molecule has 1 aliphatic heterocycles. The van der Waals surface area contributed by atoms with Crippen LogP contribution < -0.4 is 0 Å². The molecule has 0 atom stereocenters. The normalized spacial score (nSPS) is 19.2. The molecule has 164 valence electrons. The van der Waals surface area contributed by atoms with Gasteiger partial charge in [0.25, 0.3) is 0 Å². The van der Waals surface area contributed by atoms with Gasteiger partial charge in [0.2, 0.25) is 0 Å². The van der Waals surface area contributed by atoms with Gasteiger partial charge < -0.3 is 0 Å². The van der Waals surface area contributed by atoms with E-state index in [0.29, 0.717) is 11.1 Å². The van der Waals surface area contributed by atoms with E-state index in [4.69, 9.17) is 0 Å². The van der Waals surface area contributed by atoms with Crippen LogP contribution in [0.4, 0.5) is 8.78 Å². The van der Waals surface area contributed by atoms with Crippen LogP contribution in [0, 0.1) is 17.6 Å². The smallest absolute Gasteiger partial charge is 0.131 e. The molecular formula is C27H38F2Si. The molecule has 0 aliphatic carbocycles. The van der Waals surface area contributed by atoms with Crippen LogP contribution in [0.2, 0.25) is 18.1 Å². The third-order valence-electron chi connectivity index (χ3n) is 6.92. The molecule has 0 saturated carbocycles. The fourth-order valence-corrected chi connectivity index (χ4v) is 8.51. The third-order valence-corrected chi connectivity index (χ3v) is 10.3. The Morgan fingerprint density at radius 3 is 1.93 bits per heavy atom. The third kappa shape index (κ3) is 6.51. The van der Waals surface area contributed by atoms with Gasteiger partial charge in [-0.15, -0.1) is 0 Å². The van der Waals surface area contributed by atoms with Crippen molar-refractivity contribution in [3.63, 3.8) is 0 Å². The van der Waals surface area contributed by atoms with Crippen molar-refractivity contribution in [3.8, 4) is 11.1 Å². The highest BCUT2D eigenvalue weighted by atomic mass is 28.3. The van der Waals surface area contributed by atoms with Crippen LogP contribution in [0.15, 0.2) is 36.4 Å². The van der Waals surface area contributed by atoms with Crippen molar-refractivity contribution < 1.29 is 8.78 Å². The SMILES string of the molecule is CCCCC[C@H]1CC[Si@H](CCc2ccc(-c3ccc(CCC)cc3F)c(F)c2)CC1. The second kappa shape index (κ2) is 11.8. The van der Waals surface area contributed by atoms with E-state index in [1.54, 1.807) is 24.3 Å². The summed E-state index contributed by atoms with van der Waals surface area (Å²) in [6, 6.07) is 14.8. The first-order valence-electron chi connectivity index (χ1n) is 12.2. The Labute approximate surface area is 183 Å². The Hall–Kier alpha value is -1.48. The van der Waals surface area contributed by atoms with E-state index < -0.39 is 8.80 Å². The maximum Gasteiger partial charge on any atom is 0.131 e. The summed E-state index contributed by atoms with van der Waals surface area (Å²) in [5, 5.41) is 0. The predicted molar refractivity (Wildman–Crippen MR) is 128 cm³/mol. The van der Waals surface area contributed by atoms with Gasteiger partial charge in [-0.3, -0.25) is 0 Å². The van der Waals surface area contributed by atoms with E-state index in [0.717, 1.165) is 36.3 Å². The van der Waals surface area contributed by atoms with Gasteiger partial charge in [0, 0.05) is 19.9 Å². The Morgan fingerprint density at radius 1 is 0.800 bits per heavy atom. The summed E-state index contributed by atoms with van der Waals surface area (Å²) in [5.74, 6) is 0.349. The topological polar surface area (TPSA) is 0 Å². The molecule has 2 aromatic carbocycles. The molecule has 30 heavy (non-hydrogen) atoms. The number of aryl methyl sites for hydroxylation is 2. The van der Waals surface area contributed by atoms with E-state index in [1.807, 2.05) is 12.1 Å². The number of rotatable bonds is 10. The van der Waals surface area contributed by atoms with Crippen molar-refractivity contribution in [1.82, 2.24) is 0 Å². The summed E-state index contributed by atoms with van der Waals surface area (Å²) in [7, 11) is -0.666. The zero-order valence-corrected chi connectivity index (χ0v) is 20.0. The van der Waals surface area contributed by atoms with Crippen molar-refractivity contribution >= 4 is 8.80 Å². The minimum absolute atomic E-state index is 0.295. The fraction of sp³-hybridized carbons (Fsp3) is 0.556. The zero-order valence-electron chi connectivity index (χ0n) is 18.9. The molecule has 1 saturated heterocycles. The standard InChI is InChI=1S/C27H38F2Si/c1-3-5-6-8-21-13-16-30(17-14-21)18-15-23-10-12-25(27(29)20-23)24-11-9-22(7-4-2)19-26(24)28/h9-12,19-21,30H,3-8,13-18H2,1-2H3/t21-,30-. The van der Waals surface area contributed by atoms with Crippen LogP contribution >= 0.6 is 0 Å². The predicted octanol–water partition coefficient (Wildman–Crippen LogP) is 8.34. The Bertz CT molecular complexity index is 793. The fourth-order valence-electron chi connectivity index (χ4n) is 5.02. The molecule has 3 heteroatoms. The molecule has 0 radical (unpaired) electrons. The van der Waals surface area contributed by atoms with Gasteiger partial charge in [-0.05, 0) is 42.0 Å². The summed E-state index contributed by atoms with van der Waals surface area (Å²) in [5.41, 5.74) is 2.79. The van der Waals surface area contributed by atoms with Gasteiger partial charge in [0.15, 0.2) is 0 Å². The van der Waals surface area contributed by atoms with Crippen molar-refractivity contribution in [2.45, 2.75) is 89.8 Å². The molecule has 3 rings (SSSR count). The monoisotopic (exact) mass is 428 g/mol. The molecule has 0 unspecified atom stereocenters. The number of unbranched alkanes of at least 4 members (excludes halogenated alkanes) is 2. The lowest BCUT2D eigenvalue weighted by atomic mass is 9.96. The first-order chi connectivity index (χ1) is 14.6. The van der Waals surface area contributed by atoms with Crippen LogP contribution in [-0.4, -0.2) is 8.80 Å². The lowest BCUT2D eigenvalue weighted by Crippen LogP contribution is -2.21. The van der Waals surface area contributed by atoms with Crippen LogP contribution in [0.3, 0.4) is 0 Å². The van der Waals surface area contributed by atoms with E-state index in [-0.39, 0.29) is 11.6 Å². The van der Waals surface area contributed by atoms with Gasteiger partial charge in [-0.25, -0.2) is 8.78 Å². The van der Waals surface area contributed by atoms with Crippen molar-refractivity contribution in [3.05, 3.63) is 59.2 Å². The van der Waals surface area contributed by atoms with Crippen LogP contribution in [0.1, 0.15) is 69.9 Å². The average Bonchev–Trinajstić information content (AvgIpc) is 2.74. The van der Waals surface area contributed by atoms with E-state index in [9.17, 15) is 8.78 Å². The molecule has 0 nitrogen and oxygen atoms in total. The van der Waals surface area contributed by atoms with Gasteiger partial charge in [0.05, 0.1) is 0 Å². The highest BCUT2D eigenvalue weighted by Gasteiger charge is 2.22. The molecule has 2 aromatic rings. The van der Waals surface area contributed by atoms with Gasteiger partial charge in [-0.2, -0.15) is 0 Å². The average molecular weight is 429 g/mol. The molecule has 1 fully saturated rings. The lowest BCUT2D eigenvalue weighted by Gasteiger charge is -2.27. The molecule has 0 N–H and O–H groups in total. The van der Waals surface area contributed by atoms with E-state index in [1.165, 1.54) is 56.7 Å². The molecule has 0 aromatic heterocycles. The molecule has 1 heterocycles. The first kappa shape index (κ1) is 23.2. The largest absolute Gasteiger partial charge is 0.206 e. The second-order valence-electron chi connectivity index (χ2n) is 9.30. The molecule has 0 bridgehead atoms. The summed E-state index contributed by atoms with van der Waals surface area (Å²) in [4.78, 5) is 0. The zero-order chi connectivity index (χ0) is 21.3. The molecular weight excluding hydrogens is 390 g/mol. The van der Waals surface area contributed by atoms with Gasteiger partial charge in [-0.1, -0.05) is 101 Å². The Balaban J connectivity index is 1.53. The highest BCUT2D eigenvalue weighted by Crippen LogP contribution is 2.32. The summed E-state index contributed by atoms with van der Waals surface area (Å²) < 4.78 is 29.3. The maximum atomic E-state index is 14.8. The summed E-state index contributed by atoms with van der Waals surface area (Å²) in [6.45, 7) is 4.35. The highest BCUT2D eigenvalue weighted by molar-refractivity contribution is 6.59. The number of hydrogen-bond acceptors (Lipinski definition) is 0. The molecule has 0 spiro atoms. The second-order valence-corrected chi connectivity index (χ2v) is 12.8. The quantitative estimate of drug-likeness (QED) is 0.263. The van der Waals surface area contributed by atoms with E-state index >= 15 is 0 Å². The lowest BCUT2D eigenvalue weighted by molar-refractivity contribution is 0.416. The van der Waals surface area contributed by atoms with Crippen molar-refractivity contribution in [2.24, 2.45) is 5.92 Å². The Morgan fingerprint density at radius 2 is 1.40 bits per heavy atom. The van der Waals surface area contributed by atoms with Crippen LogP contribution in [0.5, 0.6) is 0 Å². The Kier molecular flexibility index (Phi) is 9.11. The minimum atomic E-state index is -0.666. The van der Waals surface area contributed by atoms with Crippen LogP contribution in [0.25, 0.3) is 11.1 Å². The molecule has 1 aliphatic rings. The number of benzene rings is 2. The summed E-state index contributed by atoms with van der Waals surface area (Å²) >= 11 is 0. The van der Waals surface area contributed by atoms with Crippen LogP contribution in [-0.2, 0) is 12.8 Å².